The molecule has 1 aromatic carbocycles. The van der Waals surface area contributed by atoms with Crippen molar-refractivity contribution in [1.82, 2.24) is 0 Å². The fourth-order valence-electron chi connectivity index (χ4n) is 1.75. The van der Waals surface area contributed by atoms with E-state index in [0.29, 0.717) is 12.3 Å². The number of benzene rings is 1. The van der Waals surface area contributed by atoms with Gasteiger partial charge in [0, 0.05) is 23.7 Å². The molecule has 0 fully saturated rings. The lowest BCUT2D eigenvalue weighted by Crippen LogP contribution is -2.17. The zero-order valence-electron chi connectivity index (χ0n) is 10.5. The molecule has 0 spiro atoms. The highest BCUT2D eigenvalue weighted by atomic mass is 19.1. The fourth-order valence-corrected chi connectivity index (χ4v) is 1.75. The Morgan fingerprint density at radius 2 is 1.82 bits per heavy atom. The van der Waals surface area contributed by atoms with Gasteiger partial charge in [-0.2, -0.15) is 0 Å². The first kappa shape index (κ1) is 13.9. The van der Waals surface area contributed by atoms with Crippen LogP contribution < -0.4 is 10.5 Å². The highest BCUT2D eigenvalue weighted by Gasteiger charge is 2.19. The Kier molecular flexibility index (Phi) is 4.87. The van der Waals surface area contributed by atoms with Crippen LogP contribution in [0.2, 0.25) is 0 Å². The van der Waals surface area contributed by atoms with E-state index < -0.39 is 17.7 Å². The molecule has 2 atom stereocenters. The minimum absolute atomic E-state index is 0.0499. The van der Waals surface area contributed by atoms with Gasteiger partial charge in [0.25, 0.3) is 0 Å². The number of hydrogen-bond donors (Lipinski definition) is 1. The normalized spacial score (nSPS) is 14.5. The monoisotopic (exact) mass is 243 g/mol. The van der Waals surface area contributed by atoms with Crippen molar-refractivity contribution >= 4 is 0 Å². The molecule has 0 aromatic heterocycles. The number of hydrogen-bond acceptors (Lipinski definition) is 2. The molecule has 17 heavy (non-hydrogen) atoms. The summed E-state index contributed by atoms with van der Waals surface area (Å²) in [5.41, 5.74) is 5.79. The van der Waals surface area contributed by atoms with E-state index in [1.165, 1.54) is 7.11 Å². The van der Waals surface area contributed by atoms with Gasteiger partial charge in [-0.3, -0.25) is 0 Å². The molecular formula is C13H19F2NO. The molecule has 0 bridgehead atoms. The SMILES string of the molecule is CCC(C)CC(N)c1c(F)cc(OC)cc1F. The molecule has 2 unspecified atom stereocenters. The van der Waals surface area contributed by atoms with Crippen molar-refractivity contribution in [2.45, 2.75) is 32.7 Å². The van der Waals surface area contributed by atoms with Crippen LogP contribution in [0.5, 0.6) is 5.75 Å². The quantitative estimate of drug-likeness (QED) is 0.860. The Balaban J connectivity index is 2.97. The highest BCUT2D eigenvalue weighted by Crippen LogP contribution is 2.28. The van der Waals surface area contributed by atoms with Crippen molar-refractivity contribution in [2.75, 3.05) is 7.11 Å². The van der Waals surface area contributed by atoms with Gasteiger partial charge < -0.3 is 10.5 Å². The molecule has 0 aliphatic heterocycles. The van der Waals surface area contributed by atoms with Crippen LogP contribution in [-0.4, -0.2) is 7.11 Å². The summed E-state index contributed by atoms with van der Waals surface area (Å²) in [5, 5.41) is 0. The second kappa shape index (κ2) is 5.96. The molecule has 0 aliphatic rings. The molecule has 0 radical (unpaired) electrons. The summed E-state index contributed by atoms with van der Waals surface area (Å²) in [6.07, 6.45) is 1.50. The largest absolute Gasteiger partial charge is 0.497 e. The Bertz CT molecular complexity index is 359. The van der Waals surface area contributed by atoms with Crippen LogP contribution in [-0.2, 0) is 0 Å². The third-order valence-electron chi connectivity index (χ3n) is 3.01. The fraction of sp³-hybridized carbons (Fsp3) is 0.538. The van der Waals surface area contributed by atoms with Crippen LogP contribution in [0, 0.1) is 17.6 Å². The van der Waals surface area contributed by atoms with Gasteiger partial charge in [-0.1, -0.05) is 20.3 Å². The maximum atomic E-state index is 13.7. The summed E-state index contributed by atoms with van der Waals surface area (Å²) >= 11 is 0. The van der Waals surface area contributed by atoms with Crippen LogP contribution in [0.1, 0.15) is 38.3 Å². The Labute approximate surface area is 101 Å². The molecule has 1 rings (SSSR count). The standard InChI is InChI=1S/C13H19F2NO/c1-4-8(2)5-12(16)13-10(14)6-9(17-3)7-11(13)15/h6-8,12H,4-5,16H2,1-3H3. The molecule has 4 heteroatoms. The van der Waals surface area contributed by atoms with E-state index >= 15 is 0 Å². The number of halogens is 2. The van der Waals surface area contributed by atoms with Crippen LogP contribution in [0.15, 0.2) is 12.1 Å². The van der Waals surface area contributed by atoms with Crippen LogP contribution >= 0.6 is 0 Å². The molecule has 2 N–H and O–H groups in total. The van der Waals surface area contributed by atoms with E-state index in [1.807, 2.05) is 13.8 Å². The lowest BCUT2D eigenvalue weighted by atomic mass is 9.94. The number of rotatable bonds is 5. The van der Waals surface area contributed by atoms with E-state index in [0.717, 1.165) is 18.6 Å². The minimum atomic E-state index is -0.641. The topological polar surface area (TPSA) is 35.2 Å². The molecular weight excluding hydrogens is 224 g/mol. The predicted octanol–water partition coefficient (Wildman–Crippen LogP) is 3.41. The molecule has 0 amide bonds. The predicted molar refractivity (Wildman–Crippen MR) is 63.9 cm³/mol. The third kappa shape index (κ3) is 3.40. The Morgan fingerprint density at radius 1 is 1.29 bits per heavy atom. The van der Waals surface area contributed by atoms with Gasteiger partial charge in [0.05, 0.1) is 7.11 Å². The van der Waals surface area contributed by atoms with Crippen molar-refractivity contribution in [3.05, 3.63) is 29.3 Å². The summed E-state index contributed by atoms with van der Waals surface area (Å²) in [4.78, 5) is 0. The van der Waals surface area contributed by atoms with Gasteiger partial charge in [-0.25, -0.2) is 8.78 Å². The summed E-state index contributed by atoms with van der Waals surface area (Å²) in [5.74, 6) is -0.777. The van der Waals surface area contributed by atoms with Gasteiger partial charge in [-0.05, 0) is 12.3 Å². The zero-order valence-corrected chi connectivity index (χ0v) is 10.5. The molecule has 96 valence electrons. The molecule has 0 heterocycles. The van der Waals surface area contributed by atoms with Crippen LogP contribution in [0.4, 0.5) is 8.78 Å². The van der Waals surface area contributed by atoms with E-state index in [4.69, 9.17) is 10.5 Å². The van der Waals surface area contributed by atoms with Crippen LogP contribution in [0.25, 0.3) is 0 Å². The van der Waals surface area contributed by atoms with Gasteiger partial charge in [0.2, 0.25) is 0 Å². The van der Waals surface area contributed by atoms with Crippen molar-refractivity contribution in [2.24, 2.45) is 11.7 Å². The Hall–Kier alpha value is -1.16. The van der Waals surface area contributed by atoms with Crippen LogP contribution in [0.3, 0.4) is 0 Å². The molecule has 0 saturated carbocycles. The van der Waals surface area contributed by atoms with E-state index in [9.17, 15) is 8.78 Å². The summed E-state index contributed by atoms with van der Waals surface area (Å²) in [6.45, 7) is 4.04. The maximum absolute atomic E-state index is 13.7. The van der Waals surface area contributed by atoms with Crippen molar-refractivity contribution in [3.8, 4) is 5.75 Å². The average Bonchev–Trinajstić information content (AvgIpc) is 2.27. The average molecular weight is 243 g/mol. The number of ether oxygens (including phenoxy) is 1. The first-order chi connectivity index (χ1) is 7.99. The van der Waals surface area contributed by atoms with Crippen molar-refractivity contribution < 1.29 is 13.5 Å². The van der Waals surface area contributed by atoms with E-state index in [-0.39, 0.29) is 11.3 Å². The van der Waals surface area contributed by atoms with Gasteiger partial charge in [-0.15, -0.1) is 0 Å². The van der Waals surface area contributed by atoms with Gasteiger partial charge >= 0.3 is 0 Å². The van der Waals surface area contributed by atoms with Gasteiger partial charge in [0.15, 0.2) is 0 Å². The molecule has 0 saturated heterocycles. The van der Waals surface area contributed by atoms with Crippen molar-refractivity contribution in [1.29, 1.82) is 0 Å². The number of nitrogens with two attached hydrogens (primary N) is 1. The second-order valence-corrected chi connectivity index (χ2v) is 4.36. The summed E-state index contributed by atoms with van der Waals surface area (Å²) in [7, 11) is 1.37. The molecule has 1 aromatic rings. The lowest BCUT2D eigenvalue weighted by molar-refractivity contribution is 0.398. The zero-order chi connectivity index (χ0) is 13.0. The highest BCUT2D eigenvalue weighted by molar-refractivity contribution is 5.32. The second-order valence-electron chi connectivity index (χ2n) is 4.36. The smallest absolute Gasteiger partial charge is 0.134 e. The first-order valence-electron chi connectivity index (χ1n) is 5.78. The minimum Gasteiger partial charge on any atom is -0.497 e. The Morgan fingerprint density at radius 3 is 2.24 bits per heavy atom. The number of methoxy groups -OCH3 is 1. The molecule has 0 aliphatic carbocycles. The third-order valence-corrected chi connectivity index (χ3v) is 3.01. The van der Waals surface area contributed by atoms with Gasteiger partial charge in [0.1, 0.15) is 17.4 Å². The summed E-state index contributed by atoms with van der Waals surface area (Å²) < 4.78 is 32.2. The lowest BCUT2D eigenvalue weighted by Gasteiger charge is -2.18. The summed E-state index contributed by atoms with van der Waals surface area (Å²) in [6, 6.07) is 1.71. The van der Waals surface area contributed by atoms with E-state index in [2.05, 4.69) is 0 Å². The molecule has 2 nitrogen and oxygen atoms in total. The van der Waals surface area contributed by atoms with E-state index in [1.54, 1.807) is 0 Å². The first-order valence-corrected chi connectivity index (χ1v) is 5.78. The van der Waals surface area contributed by atoms with Crippen molar-refractivity contribution in [3.63, 3.8) is 0 Å². The maximum Gasteiger partial charge on any atom is 0.134 e.